The number of unbranched alkanes of at least 4 members (excludes halogenated alkanes) is 9. The highest BCUT2D eigenvalue weighted by atomic mass is 16.5. The number of carbonyl (C=O) groups is 1. The maximum Gasteiger partial charge on any atom is 0.333 e. The summed E-state index contributed by atoms with van der Waals surface area (Å²) in [7, 11) is 1.93. The van der Waals surface area contributed by atoms with E-state index in [1.807, 2.05) is 7.05 Å². The van der Waals surface area contributed by atoms with Crippen LogP contribution in [0.25, 0.3) is 0 Å². The fraction of sp³-hybridized carbons (Fsp3) is 0.842. The summed E-state index contributed by atoms with van der Waals surface area (Å²) in [5.41, 5.74) is 0.466. The first kappa shape index (κ1) is 21.2. The molecule has 130 valence electrons. The van der Waals surface area contributed by atoms with Gasteiger partial charge in [-0.25, -0.2) is 4.79 Å². The van der Waals surface area contributed by atoms with E-state index in [1.54, 1.807) is 6.92 Å². The van der Waals surface area contributed by atoms with Crippen LogP contribution in [0.1, 0.15) is 84.5 Å². The van der Waals surface area contributed by atoms with E-state index < -0.39 is 0 Å². The molecule has 0 aromatic rings. The molecular weight excluding hydrogens is 274 g/mol. The summed E-state index contributed by atoms with van der Waals surface area (Å²) in [5, 5.41) is 3.22. The maximum absolute atomic E-state index is 11.4. The van der Waals surface area contributed by atoms with Crippen molar-refractivity contribution in [1.82, 2.24) is 5.32 Å². The van der Waals surface area contributed by atoms with E-state index in [0.717, 1.165) is 6.42 Å². The molecule has 0 heterocycles. The highest BCUT2D eigenvalue weighted by Gasteiger charge is 2.10. The normalized spacial score (nSPS) is 12.1. The molecule has 1 atom stereocenters. The molecule has 0 aromatic heterocycles. The summed E-state index contributed by atoms with van der Waals surface area (Å²) in [5.74, 6) is -0.289. The SMILES string of the molecule is C=C(C)C(=O)OCC(CCCCCCCCCCCC)NC. The van der Waals surface area contributed by atoms with Gasteiger partial charge in [-0.2, -0.15) is 0 Å². The number of rotatable bonds is 15. The molecule has 0 bridgehead atoms. The van der Waals surface area contributed by atoms with Crippen LogP contribution in [-0.2, 0) is 9.53 Å². The molecule has 0 aromatic carbocycles. The molecule has 3 heteroatoms. The Morgan fingerprint density at radius 2 is 1.50 bits per heavy atom. The van der Waals surface area contributed by atoms with Gasteiger partial charge in [-0.3, -0.25) is 0 Å². The minimum Gasteiger partial charge on any atom is -0.461 e. The third-order valence-corrected chi connectivity index (χ3v) is 4.08. The van der Waals surface area contributed by atoms with Gasteiger partial charge in [0.25, 0.3) is 0 Å². The molecule has 0 saturated heterocycles. The van der Waals surface area contributed by atoms with Crippen LogP contribution in [0.15, 0.2) is 12.2 Å². The van der Waals surface area contributed by atoms with Gasteiger partial charge in [0.15, 0.2) is 0 Å². The Kier molecular flexibility index (Phi) is 14.5. The van der Waals surface area contributed by atoms with Gasteiger partial charge in [-0.15, -0.1) is 0 Å². The minimum atomic E-state index is -0.289. The van der Waals surface area contributed by atoms with Crippen LogP contribution in [0.3, 0.4) is 0 Å². The van der Waals surface area contributed by atoms with Crippen molar-refractivity contribution in [3.63, 3.8) is 0 Å². The lowest BCUT2D eigenvalue weighted by atomic mass is 10.0. The van der Waals surface area contributed by atoms with Crippen LogP contribution in [0.2, 0.25) is 0 Å². The van der Waals surface area contributed by atoms with Gasteiger partial charge in [-0.1, -0.05) is 77.7 Å². The first-order valence-corrected chi connectivity index (χ1v) is 9.11. The second-order valence-corrected chi connectivity index (χ2v) is 6.34. The lowest BCUT2D eigenvalue weighted by molar-refractivity contribution is -0.139. The van der Waals surface area contributed by atoms with E-state index in [9.17, 15) is 4.79 Å². The first-order chi connectivity index (χ1) is 10.6. The second-order valence-electron chi connectivity index (χ2n) is 6.34. The van der Waals surface area contributed by atoms with E-state index in [4.69, 9.17) is 4.74 Å². The van der Waals surface area contributed by atoms with Gasteiger partial charge in [-0.05, 0) is 20.4 Å². The second kappa shape index (κ2) is 15.1. The van der Waals surface area contributed by atoms with Crippen molar-refractivity contribution in [2.24, 2.45) is 0 Å². The summed E-state index contributed by atoms with van der Waals surface area (Å²) in [4.78, 5) is 11.4. The van der Waals surface area contributed by atoms with Gasteiger partial charge in [0.05, 0.1) is 0 Å². The molecule has 0 radical (unpaired) electrons. The number of esters is 1. The van der Waals surface area contributed by atoms with Gasteiger partial charge >= 0.3 is 5.97 Å². The van der Waals surface area contributed by atoms with Crippen LogP contribution in [0, 0.1) is 0 Å². The van der Waals surface area contributed by atoms with Gasteiger partial charge in [0.1, 0.15) is 6.61 Å². The predicted molar refractivity (Wildman–Crippen MR) is 95.1 cm³/mol. The predicted octanol–water partition coefficient (Wildman–Crippen LogP) is 5.00. The van der Waals surface area contributed by atoms with E-state index >= 15 is 0 Å². The molecule has 0 rings (SSSR count). The quantitative estimate of drug-likeness (QED) is 0.263. The third-order valence-electron chi connectivity index (χ3n) is 4.08. The lowest BCUT2D eigenvalue weighted by Gasteiger charge is -2.16. The molecule has 1 N–H and O–H groups in total. The van der Waals surface area contributed by atoms with Crippen molar-refractivity contribution in [2.75, 3.05) is 13.7 Å². The molecule has 3 nitrogen and oxygen atoms in total. The van der Waals surface area contributed by atoms with E-state index in [0.29, 0.717) is 12.2 Å². The van der Waals surface area contributed by atoms with Crippen LogP contribution < -0.4 is 5.32 Å². The molecule has 22 heavy (non-hydrogen) atoms. The van der Waals surface area contributed by atoms with Gasteiger partial charge in [0, 0.05) is 11.6 Å². The number of hydrogen-bond donors (Lipinski definition) is 1. The number of nitrogens with one attached hydrogen (secondary N) is 1. The fourth-order valence-corrected chi connectivity index (χ4v) is 2.49. The Balaban J connectivity index is 3.43. The van der Waals surface area contributed by atoms with Crippen molar-refractivity contribution >= 4 is 5.97 Å². The van der Waals surface area contributed by atoms with E-state index in [1.165, 1.54) is 64.2 Å². The highest BCUT2D eigenvalue weighted by molar-refractivity contribution is 5.86. The first-order valence-electron chi connectivity index (χ1n) is 9.11. The smallest absolute Gasteiger partial charge is 0.333 e. The van der Waals surface area contributed by atoms with Gasteiger partial charge < -0.3 is 10.1 Å². The van der Waals surface area contributed by atoms with Gasteiger partial charge in [0.2, 0.25) is 0 Å². The Morgan fingerprint density at radius 1 is 1.00 bits per heavy atom. The molecule has 0 aliphatic rings. The standard InChI is InChI=1S/C19H37NO2/c1-5-6-7-8-9-10-11-12-13-14-15-18(20-4)16-22-19(21)17(2)3/h18,20H,2,5-16H2,1,3-4H3. The summed E-state index contributed by atoms with van der Waals surface area (Å²) < 4.78 is 5.20. The average Bonchev–Trinajstić information content (AvgIpc) is 2.51. The molecule has 0 spiro atoms. The lowest BCUT2D eigenvalue weighted by Crippen LogP contribution is -2.31. The van der Waals surface area contributed by atoms with Crippen LogP contribution in [-0.4, -0.2) is 25.7 Å². The average molecular weight is 312 g/mol. The largest absolute Gasteiger partial charge is 0.461 e. The number of likely N-dealkylation sites (N-methyl/N-ethyl adjacent to an activating group) is 1. The van der Waals surface area contributed by atoms with Crippen molar-refractivity contribution in [3.8, 4) is 0 Å². The molecular formula is C19H37NO2. The summed E-state index contributed by atoms with van der Waals surface area (Å²) in [6.07, 6.45) is 14.6. The van der Waals surface area contributed by atoms with Crippen LogP contribution in [0.5, 0.6) is 0 Å². The van der Waals surface area contributed by atoms with Crippen molar-refractivity contribution in [1.29, 1.82) is 0 Å². The van der Waals surface area contributed by atoms with E-state index in [2.05, 4.69) is 18.8 Å². The molecule has 0 saturated carbocycles. The van der Waals surface area contributed by atoms with Crippen molar-refractivity contribution in [3.05, 3.63) is 12.2 Å². The van der Waals surface area contributed by atoms with Crippen molar-refractivity contribution < 1.29 is 9.53 Å². The van der Waals surface area contributed by atoms with Crippen molar-refractivity contribution in [2.45, 2.75) is 90.5 Å². The third kappa shape index (κ3) is 12.9. The Bertz CT molecular complexity index is 289. The molecule has 0 aliphatic heterocycles. The fourth-order valence-electron chi connectivity index (χ4n) is 2.49. The topological polar surface area (TPSA) is 38.3 Å². The van der Waals surface area contributed by atoms with Crippen LogP contribution >= 0.6 is 0 Å². The highest BCUT2D eigenvalue weighted by Crippen LogP contribution is 2.12. The zero-order chi connectivity index (χ0) is 16.6. The molecule has 0 aliphatic carbocycles. The van der Waals surface area contributed by atoms with Crippen LogP contribution in [0.4, 0.5) is 0 Å². The zero-order valence-electron chi connectivity index (χ0n) is 15.1. The summed E-state index contributed by atoms with van der Waals surface area (Å²) in [6, 6.07) is 0.261. The summed E-state index contributed by atoms with van der Waals surface area (Å²) in [6.45, 7) is 7.98. The summed E-state index contributed by atoms with van der Waals surface area (Å²) >= 11 is 0. The number of carbonyl (C=O) groups excluding carboxylic acids is 1. The number of ether oxygens (including phenoxy) is 1. The molecule has 0 fully saturated rings. The Labute approximate surface area is 137 Å². The van der Waals surface area contributed by atoms with E-state index in [-0.39, 0.29) is 12.0 Å². The minimum absolute atomic E-state index is 0.261. The zero-order valence-corrected chi connectivity index (χ0v) is 15.1. The molecule has 0 amide bonds. The molecule has 1 unspecified atom stereocenters. The Hall–Kier alpha value is -0.830. The Morgan fingerprint density at radius 3 is 1.95 bits per heavy atom. The monoisotopic (exact) mass is 311 g/mol. The number of hydrogen-bond acceptors (Lipinski definition) is 3. The maximum atomic E-state index is 11.4.